The largest absolute Gasteiger partial charge is 0.304 e. The first-order valence-corrected chi connectivity index (χ1v) is 11.7. The quantitative estimate of drug-likeness (QED) is 0.719. The molecule has 142 valence electrons. The molecule has 1 fully saturated rings. The fraction of sp³-hybridized carbons (Fsp3) is 0.625. The van der Waals surface area contributed by atoms with Crippen LogP contribution in [-0.2, 0) is 29.7 Å². The zero-order valence-electron chi connectivity index (χ0n) is 14.6. The van der Waals surface area contributed by atoms with E-state index in [4.69, 9.17) is 17.3 Å². The normalized spacial score (nSPS) is 20.0. The second kappa shape index (κ2) is 7.51. The molecule has 4 rings (SSSR count). The third-order valence-electron chi connectivity index (χ3n) is 5.04. The van der Waals surface area contributed by atoms with E-state index >= 15 is 0 Å². The Balaban J connectivity index is 1.41. The SMILES string of the molecule is O=S(=O)(c1cccs1)N1CCN(Cn2nc3n(c2=S)CCCCC3)CC1. The summed E-state index contributed by atoms with van der Waals surface area (Å²) in [7, 11) is -3.35. The van der Waals surface area contributed by atoms with Gasteiger partial charge in [0.15, 0.2) is 4.77 Å². The van der Waals surface area contributed by atoms with Crippen molar-refractivity contribution in [2.24, 2.45) is 0 Å². The standard InChI is InChI=1S/C16H23N5O2S3/c22-26(23,15-6-4-12-25-15)19-10-8-18(9-11-19)13-21-16(24)20-7-3-1-2-5-14(20)17-21/h4,6,12H,1-3,5,7-11,13H2. The van der Waals surface area contributed by atoms with Gasteiger partial charge in [-0.3, -0.25) is 4.90 Å². The molecule has 2 aliphatic heterocycles. The summed E-state index contributed by atoms with van der Waals surface area (Å²) >= 11 is 6.88. The maximum absolute atomic E-state index is 12.6. The van der Waals surface area contributed by atoms with Crippen molar-refractivity contribution in [3.05, 3.63) is 28.1 Å². The highest BCUT2D eigenvalue weighted by Gasteiger charge is 2.29. The summed E-state index contributed by atoms with van der Waals surface area (Å²) in [4.78, 5) is 2.23. The van der Waals surface area contributed by atoms with E-state index in [0.717, 1.165) is 30.0 Å². The van der Waals surface area contributed by atoms with Crippen LogP contribution < -0.4 is 0 Å². The molecule has 10 heteroatoms. The van der Waals surface area contributed by atoms with Crippen molar-refractivity contribution in [2.75, 3.05) is 26.2 Å². The Kier molecular flexibility index (Phi) is 5.29. The zero-order chi connectivity index (χ0) is 18.1. The summed E-state index contributed by atoms with van der Waals surface area (Å²) in [5, 5.41) is 6.52. The first kappa shape index (κ1) is 18.3. The predicted octanol–water partition coefficient (Wildman–Crippen LogP) is 2.17. The van der Waals surface area contributed by atoms with Crippen LogP contribution in [0.5, 0.6) is 0 Å². The number of hydrogen-bond acceptors (Lipinski definition) is 6. The number of aromatic nitrogens is 3. The molecule has 0 bridgehead atoms. The summed E-state index contributed by atoms with van der Waals surface area (Å²) in [6.45, 7) is 3.97. The Labute approximate surface area is 162 Å². The Morgan fingerprint density at radius 2 is 1.92 bits per heavy atom. The Hall–Kier alpha value is -1.07. The maximum atomic E-state index is 12.6. The van der Waals surface area contributed by atoms with Gasteiger partial charge < -0.3 is 4.57 Å². The van der Waals surface area contributed by atoms with Crippen LogP contribution in [0.15, 0.2) is 21.7 Å². The monoisotopic (exact) mass is 413 g/mol. The summed E-state index contributed by atoms with van der Waals surface area (Å²) in [5.41, 5.74) is 0. The van der Waals surface area contributed by atoms with Gasteiger partial charge in [0, 0.05) is 39.1 Å². The molecule has 0 aromatic carbocycles. The molecule has 2 aromatic rings. The van der Waals surface area contributed by atoms with Gasteiger partial charge in [0.25, 0.3) is 10.0 Å². The van der Waals surface area contributed by atoms with Crippen molar-refractivity contribution in [1.29, 1.82) is 0 Å². The number of rotatable bonds is 4. The van der Waals surface area contributed by atoms with Crippen molar-refractivity contribution in [3.8, 4) is 0 Å². The summed E-state index contributed by atoms with van der Waals surface area (Å²) < 4.78 is 32.1. The average molecular weight is 414 g/mol. The summed E-state index contributed by atoms with van der Waals surface area (Å²) in [6.07, 6.45) is 4.56. The van der Waals surface area contributed by atoms with E-state index in [9.17, 15) is 8.42 Å². The zero-order valence-corrected chi connectivity index (χ0v) is 17.0. The molecule has 0 atom stereocenters. The highest BCUT2D eigenvalue weighted by atomic mass is 32.2. The molecule has 1 saturated heterocycles. The summed E-state index contributed by atoms with van der Waals surface area (Å²) in [6, 6.07) is 3.45. The lowest BCUT2D eigenvalue weighted by atomic mass is 10.2. The van der Waals surface area contributed by atoms with Gasteiger partial charge in [0.2, 0.25) is 0 Å². The number of sulfonamides is 1. The van der Waals surface area contributed by atoms with Gasteiger partial charge >= 0.3 is 0 Å². The highest BCUT2D eigenvalue weighted by molar-refractivity contribution is 7.91. The van der Waals surface area contributed by atoms with Crippen LogP contribution in [0.4, 0.5) is 0 Å². The number of nitrogens with zero attached hydrogens (tertiary/aromatic N) is 5. The van der Waals surface area contributed by atoms with Crippen molar-refractivity contribution in [2.45, 2.75) is 43.1 Å². The molecule has 0 amide bonds. The lowest BCUT2D eigenvalue weighted by Crippen LogP contribution is -2.48. The maximum Gasteiger partial charge on any atom is 0.252 e. The van der Waals surface area contributed by atoms with Crippen LogP contribution >= 0.6 is 23.6 Å². The number of fused-ring (bicyclic) bond motifs is 1. The van der Waals surface area contributed by atoms with Crippen LogP contribution in [0.2, 0.25) is 0 Å². The van der Waals surface area contributed by atoms with E-state index in [1.54, 1.807) is 21.8 Å². The molecule has 0 saturated carbocycles. The Bertz CT molecular complexity index is 908. The van der Waals surface area contributed by atoms with Gasteiger partial charge in [-0.1, -0.05) is 12.5 Å². The molecule has 0 aliphatic carbocycles. The van der Waals surface area contributed by atoms with E-state index in [1.807, 2.05) is 4.68 Å². The number of hydrogen-bond donors (Lipinski definition) is 0. The first-order valence-electron chi connectivity index (χ1n) is 8.98. The predicted molar refractivity (Wildman–Crippen MR) is 103 cm³/mol. The molecule has 7 nitrogen and oxygen atoms in total. The van der Waals surface area contributed by atoms with Gasteiger partial charge in [-0.2, -0.15) is 9.40 Å². The van der Waals surface area contributed by atoms with Crippen LogP contribution in [0, 0.1) is 4.77 Å². The second-order valence-corrected chi connectivity index (χ2v) is 10.2. The molecule has 2 aromatic heterocycles. The number of aryl methyl sites for hydroxylation is 1. The number of thiophene rings is 1. The van der Waals surface area contributed by atoms with E-state index in [-0.39, 0.29) is 0 Å². The Morgan fingerprint density at radius 1 is 1.12 bits per heavy atom. The van der Waals surface area contributed by atoms with Gasteiger partial charge in [-0.25, -0.2) is 13.1 Å². The minimum atomic E-state index is -3.35. The van der Waals surface area contributed by atoms with Crippen LogP contribution in [0.3, 0.4) is 0 Å². The van der Waals surface area contributed by atoms with E-state index < -0.39 is 10.0 Å². The van der Waals surface area contributed by atoms with Crippen molar-refractivity contribution >= 4 is 33.6 Å². The first-order chi connectivity index (χ1) is 12.6. The molecule has 2 aliphatic rings. The Morgan fingerprint density at radius 3 is 2.65 bits per heavy atom. The van der Waals surface area contributed by atoms with Crippen molar-refractivity contribution in [1.82, 2.24) is 23.6 Å². The number of piperazine rings is 1. The average Bonchev–Trinajstić information content (AvgIpc) is 3.20. The van der Waals surface area contributed by atoms with Gasteiger partial charge in [-0.05, 0) is 36.5 Å². The lowest BCUT2D eigenvalue weighted by Gasteiger charge is -2.33. The van der Waals surface area contributed by atoms with E-state index in [2.05, 4.69) is 9.47 Å². The molecule has 26 heavy (non-hydrogen) atoms. The molecule has 0 radical (unpaired) electrons. The molecule has 4 heterocycles. The third kappa shape index (κ3) is 3.53. The molecule has 0 spiro atoms. The lowest BCUT2D eigenvalue weighted by molar-refractivity contribution is 0.144. The fourth-order valence-electron chi connectivity index (χ4n) is 3.56. The molecule has 0 N–H and O–H groups in total. The van der Waals surface area contributed by atoms with Crippen LogP contribution in [0.1, 0.15) is 25.1 Å². The minimum Gasteiger partial charge on any atom is -0.304 e. The van der Waals surface area contributed by atoms with Gasteiger partial charge in [0.05, 0.1) is 6.67 Å². The van der Waals surface area contributed by atoms with Crippen LogP contribution in [0.25, 0.3) is 0 Å². The fourth-order valence-corrected chi connectivity index (χ4v) is 6.42. The molecule has 0 unspecified atom stereocenters. The van der Waals surface area contributed by atoms with Crippen molar-refractivity contribution in [3.63, 3.8) is 0 Å². The highest BCUT2D eigenvalue weighted by Crippen LogP contribution is 2.22. The van der Waals surface area contributed by atoms with Crippen molar-refractivity contribution < 1.29 is 8.42 Å². The van der Waals surface area contributed by atoms with E-state index in [0.29, 0.717) is 37.1 Å². The van der Waals surface area contributed by atoms with Gasteiger partial charge in [-0.15, -0.1) is 11.3 Å². The third-order valence-corrected chi connectivity index (χ3v) is 8.74. The molecular formula is C16H23N5O2S3. The summed E-state index contributed by atoms with van der Waals surface area (Å²) in [5.74, 6) is 1.09. The van der Waals surface area contributed by atoms with Gasteiger partial charge in [0.1, 0.15) is 10.0 Å². The van der Waals surface area contributed by atoms with Crippen LogP contribution in [-0.4, -0.2) is 58.1 Å². The minimum absolute atomic E-state index is 0.422. The second-order valence-electron chi connectivity index (χ2n) is 6.76. The van der Waals surface area contributed by atoms with E-state index in [1.165, 1.54) is 24.2 Å². The smallest absolute Gasteiger partial charge is 0.252 e. The topological polar surface area (TPSA) is 63.4 Å². The molecular weight excluding hydrogens is 390 g/mol.